The molecule has 7 rings (SSSR count). The van der Waals surface area contributed by atoms with Gasteiger partial charge >= 0.3 is 23.2 Å². The lowest BCUT2D eigenvalue weighted by Gasteiger charge is -2.55. The molecule has 6 unspecified atom stereocenters. The Labute approximate surface area is 223 Å². The molecule has 1 aliphatic heterocycles. The molecule has 0 aromatic heterocycles. The molecule has 0 aromatic carbocycles. The number of amides is 1. The van der Waals surface area contributed by atoms with Gasteiger partial charge in [-0.05, 0) is 62.7 Å². The number of hydrogen-bond acceptors (Lipinski definition) is 10. The van der Waals surface area contributed by atoms with Gasteiger partial charge in [-0.1, -0.05) is 0 Å². The molecule has 6 aliphatic carbocycles. The standard InChI is InChI=1S/C25H31F2NO10S/c26-25(27,39(33,34)35)10-36-16(29)1-2-28-21(30)17-14-6-15-18(17)22(31)37-19(15)20(14)38-23(32)24-7-11-3-12(8-24)5-13(4-11)9-24/h11-15,17-20H,1-10H2,(H,28,30)(H,33,34,35)/p-1. The van der Waals surface area contributed by atoms with Crippen LogP contribution in [0.15, 0.2) is 0 Å². The number of fused-ring (bicyclic) bond motifs is 1. The molecule has 7 fully saturated rings. The van der Waals surface area contributed by atoms with Crippen molar-refractivity contribution < 1.29 is 55.1 Å². The fraction of sp³-hybridized carbons (Fsp3) is 0.840. The molecule has 6 bridgehead atoms. The fourth-order valence-electron chi connectivity index (χ4n) is 8.83. The summed E-state index contributed by atoms with van der Waals surface area (Å²) in [7, 11) is -6.00. The molecule has 0 aromatic rings. The van der Waals surface area contributed by atoms with E-state index in [1.165, 1.54) is 0 Å². The minimum atomic E-state index is -6.00. The van der Waals surface area contributed by atoms with E-state index in [4.69, 9.17) is 9.47 Å². The number of halogens is 2. The molecular weight excluding hydrogens is 544 g/mol. The van der Waals surface area contributed by atoms with E-state index in [9.17, 15) is 40.9 Å². The minimum absolute atomic E-state index is 0.252. The second kappa shape index (κ2) is 9.08. The Hall–Kier alpha value is -2.35. The van der Waals surface area contributed by atoms with Gasteiger partial charge in [-0.2, -0.15) is 8.78 Å². The maximum atomic E-state index is 13.6. The van der Waals surface area contributed by atoms with Crippen molar-refractivity contribution in [2.75, 3.05) is 13.2 Å². The van der Waals surface area contributed by atoms with Crippen molar-refractivity contribution in [1.29, 1.82) is 0 Å². The largest absolute Gasteiger partial charge is 0.743 e. The molecule has 0 radical (unpaired) electrons. The van der Waals surface area contributed by atoms with Crippen LogP contribution < -0.4 is 5.32 Å². The van der Waals surface area contributed by atoms with Gasteiger partial charge in [0.15, 0.2) is 16.7 Å². The zero-order valence-corrected chi connectivity index (χ0v) is 21.8. The van der Waals surface area contributed by atoms with E-state index in [2.05, 4.69) is 10.1 Å². The molecule has 1 heterocycles. The van der Waals surface area contributed by atoms with Crippen LogP contribution in [0, 0.1) is 46.8 Å². The second-order valence-electron chi connectivity index (χ2n) is 12.4. The van der Waals surface area contributed by atoms with Gasteiger partial charge in [0.2, 0.25) is 5.91 Å². The monoisotopic (exact) mass is 574 g/mol. The summed E-state index contributed by atoms with van der Waals surface area (Å²) >= 11 is 0. The Morgan fingerprint density at radius 3 is 2.26 bits per heavy atom. The predicted molar refractivity (Wildman–Crippen MR) is 122 cm³/mol. The average Bonchev–Trinajstić information content (AvgIpc) is 3.45. The normalized spacial score (nSPS) is 41.4. The van der Waals surface area contributed by atoms with Crippen LogP contribution in [0.3, 0.4) is 0 Å². The number of carbonyl (C=O) groups is 4. The van der Waals surface area contributed by atoms with Crippen molar-refractivity contribution >= 4 is 33.9 Å². The maximum Gasteiger partial charge on any atom is 0.367 e. The van der Waals surface area contributed by atoms with Crippen LogP contribution in [0.25, 0.3) is 0 Å². The lowest BCUT2D eigenvalue weighted by molar-refractivity contribution is -0.186. The van der Waals surface area contributed by atoms with Gasteiger partial charge in [-0.15, -0.1) is 0 Å². The summed E-state index contributed by atoms with van der Waals surface area (Å²) in [6.07, 6.45) is 4.56. The molecule has 6 saturated carbocycles. The molecule has 39 heavy (non-hydrogen) atoms. The smallest absolute Gasteiger partial charge is 0.367 e. The lowest BCUT2D eigenvalue weighted by Crippen LogP contribution is -2.53. The van der Waals surface area contributed by atoms with Crippen LogP contribution in [0.4, 0.5) is 8.78 Å². The number of alkyl halides is 2. The Morgan fingerprint density at radius 2 is 1.67 bits per heavy atom. The van der Waals surface area contributed by atoms with E-state index in [1.54, 1.807) is 0 Å². The van der Waals surface area contributed by atoms with Crippen molar-refractivity contribution in [3.8, 4) is 0 Å². The van der Waals surface area contributed by atoms with Crippen LogP contribution in [-0.2, 0) is 43.5 Å². The summed E-state index contributed by atoms with van der Waals surface area (Å²) in [5.41, 5.74) is -0.501. The number of esters is 3. The Morgan fingerprint density at radius 1 is 1.05 bits per heavy atom. The lowest BCUT2D eigenvalue weighted by atomic mass is 9.49. The highest BCUT2D eigenvalue weighted by atomic mass is 32.2. The summed E-state index contributed by atoms with van der Waals surface area (Å²) in [6.45, 7) is -2.26. The molecule has 1 N–H and O–H groups in total. The van der Waals surface area contributed by atoms with Gasteiger partial charge in [0.25, 0.3) is 0 Å². The van der Waals surface area contributed by atoms with Gasteiger partial charge in [0, 0.05) is 18.4 Å². The van der Waals surface area contributed by atoms with Crippen LogP contribution in [0.2, 0.25) is 0 Å². The SMILES string of the molecule is O=C(CCNC(=O)C1C2CC3C(OC(=O)C31)C2OC(=O)C12CC3CC(CC(C3)C1)C2)OCC(F)(F)S(=O)(=O)[O-]. The van der Waals surface area contributed by atoms with Crippen molar-refractivity contribution in [2.24, 2.45) is 46.8 Å². The Balaban J connectivity index is 1.06. The van der Waals surface area contributed by atoms with E-state index in [0.29, 0.717) is 24.2 Å². The van der Waals surface area contributed by atoms with Gasteiger partial charge in [-0.3, -0.25) is 19.2 Å². The summed E-state index contributed by atoms with van der Waals surface area (Å²) in [5, 5.41) is -2.27. The van der Waals surface area contributed by atoms with Crippen molar-refractivity contribution in [3.63, 3.8) is 0 Å². The molecule has 6 atom stereocenters. The van der Waals surface area contributed by atoms with E-state index in [1.807, 2.05) is 0 Å². The van der Waals surface area contributed by atoms with Gasteiger partial charge in [0.1, 0.15) is 12.2 Å². The summed E-state index contributed by atoms with van der Waals surface area (Å²) in [5.74, 6) is -3.16. The van der Waals surface area contributed by atoms with Crippen LogP contribution >= 0.6 is 0 Å². The molecule has 14 heteroatoms. The first kappa shape index (κ1) is 26.9. The highest BCUT2D eigenvalue weighted by Crippen LogP contribution is 2.62. The van der Waals surface area contributed by atoms with E-state index in [0.717, 1.165) is 38.5 Å². The third kappa shape index (κ3) is 4.41. The van der Waals surface area contributed by atoms with Crippen molar-refractivity contribution in [1.82, 2.24) is 5.32 Å². The highest BCUT2D eigenvalue weighted by molar-refractivity contribution is 7.86. The van der Waals surface area contributed by atoms with Crippen LogP contribution in [-0.4, -0.2) is 67.4 Å². The third-order valence-corrected chi connectivity index (χ3v) is 10.8. The molecular formula is C25H30F2NO10S-. The summed E-state index contributed by atoms with van der Waals surface area (Å²) in [4.78, 5) is 51.0. The maximum absolute atomic E-state index is 13.6. The molecule has 7 aliphatic rings. The van der Waals surface area contributed by atoms with Gasteiger partial charge in [0.05, 0.1) is 23.7 Å². The molecule has 1 amide bonds. The van der Waals surface area contributed by atoms with E-state index >= 15 is 0 Å². The number of rotatable bonds is 9. The van der Waals surface area contributed by atoms with Crippen LogP contribution in [0.1, 0.15) is 51.4 Å². The molecule has 1 saturated heterocycles. The molecule has 11 nitrogen and oxygen atoms in total. The number of carbonyl (C=O) groups excluding carboxylic acids is 4. The molecule has 216 valence electrons. The molecule has 0 spiro atoms. The first-order valence-electron chi connectivity index (χ1n) is 13.5. The Kier molecular flexibility index (Phi) is 6.25. The van der Waals surface area contributed by atoms with Crippen molar-refractivity contribution in [3.05, 3.63) is 0 Å². The van der Waals surface area contributed by atoms with Crippen molar-refractivity contribution in [2.45, 2.75) is 68.8 Å². The second-order valence-corrected chi connectivity index (χ2v) is 13.9. The number of hydrogen-bond donors (Lipinski definition) is 1. The first-order valence-corrected chi connectivity index (χ1v) is 14.9. The first-order chi connectivity index (χ1) is 18.3. The zero-order chi connectivity index (χ0) is 27.9. The van der Waals surface area contributed by atoms with E-state index < -0.39 is 81.6 Å². The number of ether oxygens (including phenoxy) is 3. The minimum Gasteiger partial charge on any atom is -0.743 e. The van der Waals surface area contributed by atoms with Crippen LogP contribution in [0.5, 0.6) is 0 Å². The number of nitrogens with one attached hydrogen (secondary N) is 1. The highest BCUT2D eigenvalue weighted by Gasteiger charge is 2.70. The van der Waals surface area contributed by atoms with Gasteiger partial charge < -0.3 is 24.1 Å². The summed E-state index contributed by atoms with van der Waals surface area (Å²) in [6, 6.07) is 0. The topological polar surface area (TPSA) is 165 Å². The fourth-order valence-corrected chi connectivity index (χ4v) is 9.03. The zero-order valence-electron chi connectivity index (χ0n) is 21.0. The predicted octanol–water partition coefficient (Wildman–Crippen LogP) is 1.11. The third-order valence-electron chi connectivity index (χ3n) is 9.96. The quantitative estimate of drug-likeness (QED) is 0.240. The summed E-state index contributed by atoms with van der Waals surface area (Å²) < 4.78 is 73.7. The Bertz CT molecular complexity index is 1170. The van der Waals surface area contributed by atoms with E-state index in [-0.39, 0.29) is 18.4 Å². The average molecular weight is 575 g/mol. The van der Waals surface area contributed by atoms with Gasteiger partial charge in [-0.25, -0.2) is 8.42 Å².